The van der Waals surface area contributed by atoms with Gasteiger partial charge in [-0.05, 0) is 24.9 Å². The van der Waals surface area contributed by atoms with Gasteiger partial charge >= 0.3 is 0 Å². The second-order valence-electron chi connectivity index (χ2n) is 4.19. The Bertz CT molecular complexity index is 502. The molecule has 0 radical (unpaired) electrons. The predicted octanol–water partition coefficient (Wildman–Crippen LogP) is 1.22. The molecule has 92 valence electrons. The molecule has 4 nitrogen and oxygen atoms in total. The van der Waals surface area contributed by atoms with Gasteiger partial charge in [0.05, 0.1) is 6.04 Å². The molecule has 17 heavy (non-hydrogen) atoms. The average molecular weight is 253 g/mol. The SMILES string of the molecule is O=S(=O)=C(O)[C@@H]1CCCN1Cc1ccccc1. The van der Waals surface area contributed by atoms with Crippen LogP contribution < -0.4 is 0 Å². The van der Waals surface area contributed by atoms with Gasteiger partial charge in [-0.3, -0.25) is 4.90 Å². The molecule has 2 rings (SSSR count). The van der Waals surface area contributed by atoms with E-state index in [1.165, 1.54) is 0 Å². The van der Waals surface area contributed by atoms with Crippen LogP contribution in [-0.2, 0) is 16.8 Å². The summed E-state index contributed by atoms with van der Waals surface area (Å²) in [5, 5.41) is 9.10. The minimum Gasteiger partial charge on any atom is -0.350 e. The number of rotatable bonds is 3. The first-order valence-corrected chi connectivity index (χ1v) is 6.69. The van der Waals surface area contributed by atoms with Gasteiger partial charge in [-0.2, -0.15) is 8.42 Å². The largest absolute Gasteiger partial charge is 0.350 e. The Hall–Kier alpha value is -1.17. The molecular formula is C12H15NO3S. The smallest absolute Gasteiger partial charge is 0.242 e. The summed E-state index contributed by atoms with van der Waals surface area (Å²) >= 11 is 0. The minimum atomic E-state index is -2.50. The molecule has 0 unspecified atom stereocenters. The predicted molar refractivity (Wildman–Crippen MR) is 66.4 cm³/mol. The third kappa shape index (κ3) is 2.94. The third-order valence-corrected chi connectivity index (χ3v) is 3.66. The van der Waals surface area contributed by atoms with E-state index in [0.29, 0.717) is 13.0 Å². The quantitative estimate of drug-likeness (QED) is 0.823. The number of benzene rings is 1. The van der Waals surface area contributed by atoms with Crippen molar-refractivity contribution in [3.05, 3.63) is 35.9 Å². The topological polar surface area (TPSA) is 57.6 Å². The number of likely N-dealkylation sites (tertiary alicyclic amines) is 1. The summed E-state index contributed by atoms with van der Waals surface area (Å²) in [6.45, 7) is 1.49. The van der Waals surface area contributed by atoms with Crippen molar-refractivity contribution in [1.82, 2.24) is 4.90 Å². The molecule has 1 atom stereocenters. The van der Waals surface area contributed by atoms with Gasteiger partial charge in [0.1, 0.15) is 0 Å². The molecule has 1 N–H and O–H groups in total. The van der Waals surface area contributed by atoms with Crippen LogP contribution in [-0.4, -0.2) is 36.1 Å². The minimum absolute atomic E-state index is 0.353. The van der Waals surface area contributed by atoms with Gasteiger partial charge in [0.2, 0.25) is 10.3 Å². The molecular weight excluding hydrogens is 238 g/mol. The summed E-state index contributed by atoms with van der Waals surface area (Å²) < 4.78 is 21.5. The molecule has 1 fully saturated rings. The van der Waals surface area contributed by atoms with Crippen LogP contribution in [0.2, 0.25) is 0 Å². The van der Waals surface area contributed by atoms with E-state index in [0.717, 1.165) is 18.5 Å². The van der Waals surface area contributed by atoms with Crippen LogP contribution in [0, 0.1) is 0 Å². The number of hydrogen-bond acceptors (Lipinski definition) is 3. The highest BCUT2D eigenvalue weighted by molar-refractivity contribution is 7.72. The first kappa shape index (κ1) is 12.3. The van der Waals surface area contributed by atoms with Gasteiger partial charge in [0.15, 0.2) is 5.05 Å². The number of aliphatic hydroxyl groups excluding tert-OH is 1. The Morgan fingerprint density at radius 3 is 2.71 bits per heavy atom. The van der Waals surface area contributed by atoms with Crippen molar-refractivity contribution in [1.29, 1.82) is 0 Å². The summed E-state index contributed by atoms with van der Waals surface area (Å²) in [7, 11) is -2.50. The molecule has 0 amide bonds. The summed E-state index contributed by atoms with van der Waals surface area (Å²) in [5.74, 6) is 0. The fourth-order valence-electron chi connectivity index (χ4n) is 2.22. The normalized spacial score (nSPS) is 20.4. The standard InChI is InChI=1S/C12H15NO3S/c14-12(17(15)16)11-7-4-8-13(11)9-10-5-2-1-3-6-10/h1-3,5-6,11,14H,4,7-9H2/t11-/m0/s1. The first-order valence-electron chi connectivity index (χ1n) is 5.61. The van der Waals surface area contributed by atoms with Crippen LogP contribution in [0.5, 0.6) is 0 Å². The fraction of sp³-hybridized carbons (Fsp3) is 0.417. The van der Waals surface area contributed by atoms with E-state index in [1.807, 2.05) is 35.2 Å². The molecule has 0 bridgehead atoms. The van der Waals surface area contributed by atoms with Crippen molar-refractivity contribution in [3.8, 4) is 0 Å². The summed E-state index contributed by atoms with van der Waals surface area (Å²) in [6, 6.07) is 9.50. The Morgan fingerprint density at radius 1 is 1.35 bits per heavy atom. The monoisotopic (exact) mass is 253 g/mol. The molecule has 1 aromatic carbocycles. The van der Waals surface area contributed by atoms with Gasteiger partial charge in [-0.25, -0.2) is 0 Å². The second-order valence-corrected chi connectivity index (χ2v) is 5.07. The van der Waals surface area contributed by atoms with Crippen molar-refractivity contribution in [2.45, 2.75) is 25.4 Å². The maximum Gasteiger partial charge on any atom is 0.242 e. The lowest BCUT2D eigenvalue weighted by Gasteiger charge is -2.22. The van der Waals surface area contributed by atoms with Gasteiger partial charge in [-0.15, -0.1) is 0 Å². The lowest BCUT2D eigenvalue weighted by atomic mass is 10.2. The van der Waals surface area contributed by atoms with Crippen LogP contribution in [0.4, 0.5) is 0 Å². The zero-order valence-corrected chi connectivity index (χ0v) is 10.2. The molecule has 0 spiro atoms. The van der Waals surface area contributed by atoms with Gasteiger partial charge in [0.25, 0.3) is 0 Å². The lowest BCUT2D eigenvalue weighted by molar-refractivity contribution is 0.276. The maximum atomic E-state index is 10.8. The van der Waals surface area contributed by atoms with Crippen LogP contribution in [0.25, 0.3) is 0 Å². The summed E-state index contributed by atoms with van der Waals surface area (Å²) in [5.41, 5.74) is 1.13. The Balaban J connectivity index is 2.14. The van der Waals surface area contributed by atoms with Crippen LogP contribution in [0.3, 0.4) is 0 Å². The van der Waals surface area contributed by atoms with Crippen molar-refractivity contribution < 1.29 is 13.5 Å². The number of nitrogens with zero attached hydrogens (tertiary/aromatic N) is 1. The fourth-order valence-corrected chi connectivity index (χ4v) is 2.71. The van der Waals surface area contributed by atoms with Crippen LogP contribution in [0.15, 0.2) is 30.3 Å². The van der Waals surface area contributed by atoms with Crippen molar-refractivity contribution in [3.63, 3.8) is 0 Å². The first-order chi connectivity index (χ1) is 8.18. The molecule has 1 saturated heterocycles. The van der Waals surface area contributed by atoms with Gasteiger partial charge in [0, 0.05) is 6.54 Å². The molecule has 1 aliphatic rings. The molecule has 5 heteroatoms. The Morgan fingerprint density at radius 2 is 2.06 bits per heavy atom. The highest BCUT2D eigenvalue weighted by Crippen LogP contribution is 2.20. The maximum absolute atomic E-state index is 10.8. The van der Waals surface area contributed by atoms with Gasteiger partial charge in [-0.1, -0.05) is 30.3 Å². The Kier molecular flexibility index (Phi) is 3.93. The molecule has 0 saturated carbocycles. The summed E-state index contributed by atoms with van der Waals surface area (Å²) in [6.07, 6.45) is 1.62. The Labute approximate surface area is 102 Å². The molecule has 1 aromatic rings. The molecule has 1 heterocycles. The van der Waals surface area contributed by atoms with E-state index in [2.05, 4.69) is 0 Å². The lowest BCUT2D eigenvalue weighted by Crippen LogP contribution is -2.35. The third-order valence-electron chi connectivity index (χ3n) is 3.05. The van der Waals surface area contributed by atoms with E-state index >= 15 is 0 Å². The van der Waals surface area contributed by atoms with Gasteiger partial charge < -0.3 is 5.11 Å². The number of aliphatic hydroxyl groups is 1. The van der Waals surface area contributed by atoms with E-state index in [4.69, 9.17) is 0 Å². The van der Waals surface area contributed by atoms with Crippen molar-refractivity contribution in [2.24, 2.45) is 0 Å². The van der Waals surface area contributed by atoms with Crippen molar-refractivity contribution >= 4 is 15.3 Å². The van der Waals surface area contributed by atoms with E-state index in [9.17, 15) is 13.5 Å². The number of hydrogen-bond donors (Lipinski definition) is 1. The van der Waals surface area contributed by atoms with Crippen LogP contribution in [0.1, 0.15) is 18.4 Å². The molecule has 0 aromatic heterocycles. The zero-order valence-electron chi connectivity index (χ0n) is 9.41. The molecule has 1 aliphatic heterocycles. The summed E-state index contributed by atoms with van der Waals surface area (Å²) in [4.78, 5) is 2.00. The molecule has 0 aliphatic carbocycles. The highest BCUT2D eigenvalue weighted by atomic mass is 32.2. The highest BCUT2D eigenvalue weighted by Gasteiger charge is 2.28. The average Bonchev–Trinajstić information content (AvgIpc) is 2.77. The van der Waals surface area contributed by atoms with Crippen LogP contribution >= 0.6 is 0 Å². The zero-order chi connectivity index (χ0) is 12.3. The van der Waals surface area contributed by atoms with E-state index in [-0.39, 0.29) is 6.04 Å². The van der Waals surface area contributed by atoms with E-state index in [1.54, 1.807) is 0 Å². The van der Waals surface area contributed by atoms with E-state index < -0.39 is 15.3 Å². The van der Waals surface area contributed by atoms with Crippen molar-refractivity contribution in [2.75, 3.05) is 6.54 Å². The second kappa shape index (κ2) is 5.44.